The van der Waals surface area contributed by atoms with Gasteiger partial charge in [-0.2, -0.15) is 0 Å². The zero-order chi connectivity index (χ0) is 23.4. The van der Waals surface area contributed by atoms with E-state index >= 15 is 0 Å². The molecule has 0 amide bonds. The van der Waals surface area contributed by atoms with Crippen molar-refractivity contribution >= 4 is 18.4 Å². The Morgan fingerprint density at radius 1 is 0.906 bits per heavy atom. The van der Waals surface area contributed by atoms with Crippen molar-refractivity contribution < 1.29 is 46.7 Å². The van der Waals surface area contributed by atoms with Crippen molar-refractivity contribution in [2.45, 2.75) is 20.8 Å². The molecule has 173 valence electrons. The van der Waals surface area contributed by atoms with Gasteiger partial charge in [0.2, 0.25) is 0 Å². The number of hydrogen-bond acceptors (Lipinski definition) is 7. The van der Waals surface area contributed by atoms with Gasteiger partial charge in [-0.1, -0.05) is 26.0 Å². The fourth-order valence-corrected chi connectivity index (χ4v) is 2.45. The molecule has 0 aliphatic heterocycles. The largest absolute Gasteiger partial charge is 2.00 e. The van der Waals surface area contributed by atoms with Gasteiger partial charge in [-0.3, -0.25) is 14.8 Å². The topological polar surface area (TPSA) is 121 Å². The molecule has 0 aromatic heterocycles. The number of carboxylic acid groups (broad SMARTS) is 1. The Kier molecular flexibility index (Phi) is 12.8. The zero-order valence-corrected chi connectivity index (χ0v) is 20.1. The normalized spacial score (nSPS) is 10.9. The molecule has 0 aliphatic rings. The molecule has 0 atom stereocenters. The summed E-state index contributed by atoms with van der Waals surface area (Å²) in [4.78, 5) is 17.9. The molecule has 32 heavy (non-hydrogen) atoms. The molecule has 2 aromatic rings. The summed E-state index contributed by atoms with van der Waals surface area (Å²) >= 11 is 0. The van der Waals surface area contributed by atoms with Gasteiger partial charge in [0.05, 0.1) is 14.2 Å². The third kappa shape index (κ3) is 9.85. The Morgan fingerprint density at radius 2 is 1.25 bits per heavy atom. The number of nitrogens with zero attached hydrogens (tertiary/aromatic N) is 2. The van der Waals surface area contributed by atoms with Gasteiger partial charge in [-0.05, 0) is 24.3 Å². The molecule has 0 heterocycles. The third-order valence-electron chi connectivity index (χ3n) is 4.00. The summed E-state index contributed by atoms with van der Waals surface area (Å²) in [5.74, 6) is 0.156. The SMILES string of the molecule is CC(=O)O.COc1cccc(C=NCC(C)(C)CN=Cc2cccc(OC)c2O)c1O.[Mn+2]. The van der Waals surface area contributed by atoms with Crippen LogP contribution in [0.25, 0.3) is 0 Å². The summed E-state index contributed by atoms with van der Waals surface area (Å²) in [5, 5.41) is 27.6. The van der Waals surface area contributed by atoms with Crippen LogP contribution in [0.15, 0.2) is 46.4 Å². The van der Waals surface area contributed by atoms with E-state index in [1.165, 1.54) is 14.2 Å². The van der Waals surface area contributed by atoms with Crippen LogP contribution in [0.2, 0.25) is 0 Å². The van der Waals surface area contributed by atoms with Crippen molar-refractivity contribution in [2.24, 2.45) is 15.4 Å². The molecule has 1 radical (unpaired) electrons. The van der Waals surface area contributed by atoms with Gasteiger partial charge in [0, 0.05) is 49.0 Å². The molecule has 8 nitrogen and oxygen atoms in total. The molecule has 2 aromatic carbocycles. The first-order valence-corrected chi connectivity index (χ1v) is 9.52. The van der Waals surface area contributed by atoms with Crippen LogP contribution in [-0.2, 0) is 21.9 Å². The maximum absolute atomic E-state index is 10.1. The number of methoxy groups -OCH3 is 2. The monoisotopic (exact) mass is 485 g/mol. The summed E-state index contributed by atoms with van der Waals surface area (Å²) in [5.41, 5.74) is 1.03. The van der Waals surface area contributed by atoms with E-state index in [0.717, 1.165) is 6.92 Å². The Hall–Kier alpha value is -3.03. The van der Waals surface area contributed by atoms with E-state index in [1.807, 2.05) is 0 Å². The molecule has 0 saturated carbocycles. The molecule has 0 unspecified atom stereocenters. The van der Waals surface area contributed by atoms with Crippen LogP contribution in [0.4, 0.5) is 0 Å². The second-order valence-corrected chi connectivity index (χ2v) is 7.42. The quantitative estimate of drug-likeness (QED) is 0.387. The van der Waals surface area contributed by atoms with Crippen LogP contribution in [-0.4, -0.2) is 61.0 Å². The number of rotatable bonds is 8. The summed E-state index contributed by atoms with van der Waals surface area (Å²) < 4.78 is 10.2. The Bertz CT molecular complexity index is 857. The number of phenols is 2. The van der Waals surface area contributed by atoms with Crippen LogP contribution >= 0.6 is 0 Å². The zero-order valence-electron chi connectivity index (χ0n) is 18.9. The van der Waals surface area contributed by atoms with Gasteiger partial charge >= 0.3 is 17.1 Å². The number of aliphatic carboxylic acids is 1. The smallest absolute Gasteiger partial charge is 0.504 e. The van der Waals surface area contributed by atoms with Gasteiger partial charge < -0.3 is 24.8 Å². The number of para-hydroxylation sites is 2. The molecule has 0 bridgehead atoms. The number of ether oxygens (including phenoxy) is 2. The molecule has 0 fully saturated rings. The molecular formula is C23H30MnN2O6+2. The Labute approximate surface area is 199 Å². The van der Waals surface area contributed by atoms with Crippen molar-refractivity contribution in [1.82, 2.24) is 0 Å². The fourth-order valence-electron chi connectivity index (χ4n) is 2.45. The number of benzene rings is 2. The number of carboxylic acids is 1. The fraction of sp³-hybridized carbons (Fsp3) is 0.348. The van der Waals surface area contributed by atoms with E-state index in [1.54, 1.807) is 48.8 Å². The number of carbonyl (C=O) groups is 1. The first-order valence-electron chi connectivity index (χ1n) is 9.52. The summed E-state index contributed by atoms with van der Waals surface area (Å²) in [7, 11) is 3.02. The molecule has 0 spiro atoms. The van der Waals surface area contributed by atoms with E-state index in [0.29, 0.717) is 35.7 Å². The molecule has 2 rings (SSSR count). The van der Waals surface area contributed by atoms with Crippen molar-refractivity contribution in [1.29, 1.82) is 0 Å². The third-order valence-corrected chi connectivity index (χ3v) is 4.00. The summed E-state index contributed by atoms with van der Waals surface area (Å²) in [6, 6.07) is 10.5. The molecule has 9 heteroatoms. The number of aromatic hydroxyl groups is 2. The summed E-state index contributed by atoms with van der Waals surface area (Å²) in [6.45, 7) is 6.26. The first-order chi connectivity index (χ1) is 14.6. The van der Waals surface area contributed by atoms with E-state index in [4.69, 9.17) is 19.4 Å². The van der Waals surface area contributed by atoms with Crippen molar-refractivity contribution in [2.75, 3.05) is 27.3 Å². The van der Waals surface area contributed by atoms with Crippen molar-refractivity contribution in [3.8, 4) is 23.0 Å². The van der Waals surface area contributed by atoms with Crippen molar-refractivity contribution in [3.05, 3.63) is 47.5 Å². The summed E-state index contributed by atoms with van der Waals surface area (Å²) in [6.07, 6.45) is 3.27. The van der Waals surface area contributed by atoms with E-state index in [9.17, 15) is 10.2 Å². The number of hydrogen-bond donors (Lipinski definition) is 3. The van der Waals surface area contributed by atoms with E-state index in [2.05, 4.69) is 23.8 Å². The first kappa shape index (κ1) is 29.0. The predicted octanol–water partition coefficient (Wildman–Crippen LogP) is 3.77. The van der Waals surface area contributed by atoms with E-state index in [-0.39, 0.29) is 34.0 Å². The van der Waals surface area contributed by atoms with Gasteiger partial charge in [0.15, 0.2) is 23.0 Å². The van der Waals surface area contributed by atoms with Gasteiger partial charge in [-0.25, -0.2) is 0 Å². The van der Waals surface area contributed by atoms with Crippen LogP contribution in [0, 0.1) is 5.41 Å². The van der Waals surface area contributed by atoms with Crippen LogP contribution in [0.3, 0.4) is 0 Å². The minimum absolute atomic E-state index is 0. The van der Waals surface area contributed by atoms with E-state index < -0.39 is 5.97 Å². The Balaban J connectivity index is 0.00000177. The minimum atomic E-state index is -0.833. The molecule has 0 saturated heterocycles. The number of aliphatic imine (C=N–C) groups is 2. The maximum atomic E-state index is 10.1. The van der Waals surface area contributed by atoms with Crippen LogP contribution in [0.1, 0.15) is 31.9 Å². The standard InChI is InChI=1S/C21H26N2O4.C2H4O2.Mn/c1-21(2,13-22-11-15-7-5-9-17(26-3)19(15)24)14-23-12-16-8-6-10-18(27-4)20(16)25;1-2(3)4;/h5-12,24-25H,13-14H2,1-4H3;1H3,(H,3,4);/q;;+2. The van der Waals surface area contributed by atoms with Gasteiger partial charge in [0.25, 0.3) is 5.97 Å². The average Bonchev–Trinajstić information content (AvgIpc) is 2.70. The van der Waals surface area contributed by atoms with Gasteiger partial charge in [-0.15, -0.1) is 0 Å². The Morgan fingerprint density at radius 3 is 1.56 bits per heavy atom. The minimum Gasteiger partial charge on any atom is -0.504 e. The molecule has 3 N–H and O–H groups in total. The molecule has 0 aliphatic carbocycles. The average molecular weight is 485 g/mol. The molecular weight excluding hydrogens is 455 g/mol. The number of phenolic OH excluding ortho intramolecular Hbond substituents is 2. The second-order valence-electron chi connectivity index (χ2n) is 7.42. The van der Waals surface area contributed by atoms with Crippen LogP contribution < -0.4 is 9.47 Å². The predicted molar refractivity (Wildman–Crippen MR) is 121 cm³/mol. The van der Waals surface area contributed by atoms with Crippen molar-refractivity contribution in [3.63, 3.8) is 0 Å². The van der Waals surface area contributed by atoms with Gasteiger partial charge in [0.1, 0.15) is 0 Å². The second kappa shape index (κ2) is 14.1. The maximum Gasteiger partial charge on any atom is 2.00 e. The van der Waals surface area contributed by atoms with Crippen LogP contribution in [0.5, 0.6) is 23.0 Å².